The van der Waals surface area contributed by atoms with Crippen LogP contribution in [0.2, 0.25) is 0 Å². The summed E-state index contributed by atoms with van der Waals surface area (Å²) in [4.78, 5) is 12.6. The molecule has 1 rings (SSSR count). The number of amides is 1. The van der Waals surface area contributed by atoms with Crippen molar-refractivity contribution in [3.05, 3.63) is 29.6 Å². The molecule has 0 aromatic heterocycles. The number of rotatable bonds is 4. The second-order valence-electron chi connectivity index (χ2n) is 3.94. The molecule has 1 aromatic carbocycles. The maximum atomic E-state index is 13.5. The van der Waals surface area contributed by atoms with E-state index in [2.05, 4.69) is 0 Å². The Bertz CT molecular complexity index is 405. The molecule has 1 amide bonds. The second kappa shape index (κ2) is 5.63. The van der Waals surface area contributed by atoms with Crippen molar-refractivity contribution in [1.82, 2.24) is 4.90 Å². The highest BCUT2D eigenvalue weighted by atomic mass is 19.1. The minimum atomic E-state index is -0.734. The Balaban J connectivity index is 2.70. The molecular weight excluding hydrogens is 225 g/mol. The van der Waals surface area contributed by atoms with Crippen LogP contribution in [0.5, 0.6) is 5.75 Å². The normalized spacial score (nSPS) is 12.1. The van der Waals surface area contributed by atoms with Gasteiger partial charge in [-0.1, -0.05) is 6.07 Å². The van der Waals surface area contributed by atoms with Crippen molar-refractivity contribution in [3.63, 3.8) is 0 Å². The molecule has 94 valence electrons. The summed E-state index contributed by atoms with van der Waals surface area (Å²) < 4.78 is 18.5. The Morgan fingerprint density at radius 2 is 2.18 bits per heavy atom. The highest BCUT2D eigenvalue weighted by molar-refractivity contribution is 5.77. The van der Waals surface area contributed by atoms with Gasteiger partial charge in [0.05, 0.1) is 6.10 Å². The van der Waals surface area contributed by atoms with Crippen LogP contribution in [0.25, 0.3) is 0 Å². The molecule has 0 unspecified atom stereocenters. The second-order valence-corrected chi connectivity index (χ2v) is 3.94. The van der Waals surface area contributed by atoms with Gasteiger partial charge in [0.25, 0.3) is 5.91 Å². The van der Waals surface area contributed by atoms with Crippen molar-refractivity contribution >= 4 is 5.91 Å². The van der Waals surface area contributed by atoms with E-state index in [1.807, 2.05) is 0 Å². The Labute approximate surface area is 99.6 Å². The van der Waals surface area contributed by atoms with Crippen LogP contribution in [0, 0.1) is 5.82 Å². The Morgan fingerprint density at radius 3 is 2.65 bits per heavy atom. The summed E-state index contributed by atoms with van der Waals surface area (Å²) in [6, 6.07) is 4.16. The van der Waals surface area contributed by atoms with E-state index in [1.165, 1.54) is 17.0 Å². The van der Waals surface area contributed by atoms with Gasteiger partial charge in [0.2, 0.25) is 0 Å². The first-order valence-electron chi connectivity index (χ1n) is 5.22. The van der Waals surface area contributed by atoms with Crippen LogP contribution >= 0.6 is 0 Å². The first-order chi connectivity index (χ1) is 7.91. The summed E-state index contributed by atoms with van der Waals surface area (Å²) in [6.07, 6.45) is -0.734. The molecule has 0 aliphatic carbocycles. The number of hydrogen-bond acceptors (Lipinski definition) is 3. The summed E-state index contributed by atoms with van der Waals surface area (Å²) in [6.45, 7) is 1.34. The summed E-state index contributed by atoms with van der Waals surface area (Å²) in [7, 11) is 3.19. The average molecular weight is 241 g/mol. The molecule has 0 bridgehead atoms. The highest BCUT2D eigenvalue weighted by Gasteiger charge is 2.10. The molecule has 1 aromatic rings. The minimum absolute atomic E-state index is 0.00426. The molecule has 0 saturated heterocycles. The van der Waals surface area contributed by atoms with E-state index < -0.39 is 11.9 Å². The number of carbonyl (C=O) groups excluding carboxylic acids is 1. The molecule has 0 fully saturated rings. The van der Waals surface area contributed by atoms with Gasteiger partial charge in [-0.05, 0) is 24.6 Å². The van der Waals surface area contributed by atoms with E-state index in [9.17, 15) is 14.3 Å². The molecule has 1 N–H and O–H groups in total. The van der Waals surface area contributed by atoms with Crippen LogP contribution in [-0.2, 0) is 4.79 Å². The van der Waals surface area contributed by atoms with Gasteiger partial charge in [-0.2, -0.15) is 0 Å². The van der Waals surface area contributed by atoms with Gasteiger partial charge >= 0.3 is 0 Å². The first-order valence-corrected chi connectivity index (χ1v) is 5.22. The maximum Gasteiger partial charge on any atom is 0.259 e. The SMILES string of the molecule is C[C@H](O)c1ccc(OCC(=O)N(C)C)c(F)c1. The van der Waals surface area contributed by atoms with Crippen LogP contribution in [0.1, 0.15) is 18.6 Å². The molecule has 0 spiro atoms. The summed E-state index contributed by atoms with van der Waals surface area (Å²) in [5.41, 5.74) is 0.466. The molecule has 5 heteroatoms. The van der Waals surface area contributed by atoms with E-state index in [1.54, 1.807) is 27.1 Å². The van der Waals surface area contributed by atoms with E-state index in [0.29, 0.717) is 5.56 Å². The fraction of sp³-hybridized carbons (Fsp3) is 0.417. The van der Waals surface area contributed by atoms with Gasteiger partial charge in [-0.15, -0.1) is 0 Å². The predicted molar refractivity (Wildman–Crippen MR) is 61.2 cm³/mol. The van der Waals surface area contributed by atoms with Gasteiger partial charge in [0.15, 0.2) is 18.2 Å². The molecule has 0 aliphatic heterocycles. The number of nitrogens with zero attached hydrogens (tertiary/aromatic N) is 1. The number of halogens is 1. The quantitative estimate of drug-likeness (QED) is 0.865. The first kappa shape index (κ1) is 13.4. The van der Waals surface area contributed by atoms with Gasteiger partial charge < -0.3 is 14.7 Å². The number of likely N-dealkylation sites (N-methyl/N-ethyl adjacent to an activating group) is 1. The van der Waals surface area contributed by atoms with Gasteiger partial charge in [0, 0.05) is 14.1 Å². The topological polar surface area (TPSA) is 49.8 Å². The molecule has 0 heterocycles. The average Bonchev–Trinajstić information content (AvgIpc) is 2.26. The minimum Gasteiger partial charge on any atom is -0.481 e. The van der Waals surface area contributed by atoms with Crippen molar-refractivity contribution in [1.29, 1.82) is 0 Å². The van der Waals surface area contributed by atoms with Gasteiger partial charge in [-0.3, -0.25) is 4.79 Å². The lowest BCUT2D eigenvalue weighted by molar-refractivity contribution is -0.130. The zero-order valence-corrected chi connectivity index (χ0v) is 10.1. The van der Waals surface area contributed by atoms with E-state index in [4.69, 9.17) is 4.74 Å². The standard InChI is InChI=1S/C12H16FNO3/c1-8(15)9-4-5-11(10(13)6-9)17-7-12(16)14(2)3/h4-6,8,15H,7H2,1-3H3/t8-/m0/s1. The molecule has 1 atom stereocenters. The lowest BCUT2D eigenvalue weighted by Gasteiger charge is -2.12. The van der Waals surface area contributed by atoms with Crippen LogP contribution in [-0.4, -0.2) is 36.6 Å². The lowest BCUT2D eigenvalue weighted by Crippen LogP contribution is -2.27. The molecule has 17 heavy (non-hydrogen) atoms. The monoisotopic (exact) mass is 241 g/mol. The molecule has 0 aliphatic rings. The predicted octanol–water partition coefficient (Wildman–Crippen LogP) is 1.35. The molecule has 0 saturated carbocycles. The van der Waals surface area contributed by atoms with Crippen molar-refractivity contribution in [3.8, 4) is 5.75 Å². The largest absolute Gasteiger partial charge is 0.481 e. The Hall–Kier alpha value is -1.62. The van der Waals surface area contributed by atoms with E-state index in [0.717, 1.165) is 0 Å². The lowest BCUT2D eigenvalue weighted by atomic mass is 10.1. The third kappa shape index (κ3) is 3.71. The smallest absolute Gasteiger partial charge is 0.259 e. The molecule has 0 radical (unpaired) electrons. The Morgan fingerprint density at radius 1 is 1.53 bits per heavy atom. The van der Waals surface area contributed by atoms with E-state index in [-0.39, 0.29) is 18.3 Å². The van der Waals surface area contributed by atoms with Crippen molar-refractivity contribution in [2.45, 2.75) is 13.0 Å². The van der Waals surface area contributed by atoms with Crippen molar-refractivity contribution in [2.75, 3.05) is 20.7 Å². The van der Waals surface area contributed by atoms with E-state index >= 15 is 0 Å². The van der Waals surface area contributed by atoms with Gasteiger partial charge in [-0.25, -0.2) is 4.39 Å². The number of benzene rings is 1. The molecule has 4 nitrogen and oxygen atoms in total. The third-order valence-corrected chi connectivity index (χ3v) is 2.29. The number of ether oxygens (including phenoxy) is 1. The maximum absolute atomic E-state index is 13.5. The Kier molecular flexibility index (Phi) is 4.45. The zero-order valence-electron chi connectivity index (χ0n) is 10.1. The number of aliphatic hydroxyl groups is 1. The fourth-order valence-corrected chi connectivity index (χ4v) is 1.16. The zero-order chi connectivity index (χ0) is 13.0. The highest BCUT2D eigenvalue weighted by Crippen LogP contribution is 2.21. The van der Waals surface area contributed by atoms with Crippen molar-refractivity contribution < 1.29 is 19.0 Å². The van der Waals surface area contributed by atoms with Crippen LogP contribution < -0.4 is 4.74 Å². The fourth-order valence-electron chi connectivity index (χ4n) is 1.16. The molecular formula is C12H16FNO3. The number of hydrogen-bond donors (Lipinski definition) is 1. The number of carbonyl (C=O) groups is 1. The van der Waals surface area contributed by atoms with Crippen LogP contribution in [0.3, 0.4) is 0 Å². The third-order valence-electron chi connectivity index (χ3n) is 2.29. The van der Waals surface area contributed by atoms with Crippen LogP contribution in [0.4, 0.5) is 4.39 Å². The number of aliphatic hydroxyl groups excluding tert-OH is 1. The van der Waals surface area contributed by atoms with Crippen LogP contribution in [0.15, 0.2) is 18.2 Å². The summed E-state index contributed by atoms with van der Waals surface area (Å²) >= 11 is 0. The summed E-state index contributed by atoms with van der Waals surface area (Å²) in [5.74, 6) is -0.830. The van der Waals surface area contributed by atoms with Gasteiger partial charge in [0.1, 0.15) is 0 Å². The van der Waals surface area contributed by atoms with Crippen molar-refractivity contribution in [2.24, 2.45) is 0 Å². The summed E-state index contributed by atoms with van der Waals surface area (Å²) in [5, 5.41) is 9.26.